The van der Waals surface area contributed by atoms with Crippen LogP contribution in [0.1, 0.15) is 39.0 Å². The van der Waals surface area contributed by atoms with Gasteiger partial charge in [0, 0.05) is 12.1 Å². The summed E-state index contributed by atoms with van der Waals surface area (Å²) in [6.07, 6.45) is 3.06. The lowest BCUT2D eigenvalue weighted by Gasteiger charge is -2.21. The summed E-state index contributed by atoms with van der Waals surface area (Å²) in [5.41, 5.74) is 1.41. The van der Waals surface area contributed by atoms with Gasteiger partial charge in [0.2, 0.25) is 0 Å². The maximum Gasteiger partial charge on any atom is 0.185 e. The monoisotopic (exact) mass is 292 g/mol. The third-order valence-corrected chi connectivity index (χ3v) is 3.73. The number of halogens is 2. The number of aromatic nitrogens is 1. The Morgan fingerprint density at radius 1 is 1.41 bits per heavy atom. The Balaban J connectivity index is 2.76. The predicted octanol–water partition coefficient (Wildman–Crippen LogP) is 4.63. The van der Waals surface area contributed by atoms with Gasteiger partial charge in [0.25, 0.3) is 0 Å². The molecule has 0 aliphatic carbocycles. The van der Waals surface area contributed by atoms with Crippen LogP contribution >= 0.6 is 34.5 Å². The van der Waals surface area contributed by atoms with E-state index < -0.39 is 0 Å². The van der Waals surface area contributed by atoms with Gasteiger partial charge < -0.3 is 5.32 Å². The normalized spacial score (nSPS) is 13.2. The molecular weight excluding hydrogens is 275 g/mol. The molecule has 0 saturated heterocycles. The van der Waals surface area contributed by atoms with Crippen LogP contribution in [0.15, 0.2) is 5.57 Å². The second-order valence-electron chi connectivity index (χ2n) is 4.88. The molecule has 0 bridgehead atoms. The lowest BCUT2D eigenvalue weighted by molar-refractivity contribution is 0.443. The third kappa shape index (κ3) is 5.38. The van der Waals surface area contributed by atoms with Crippen molar-refractivity contribution in [2.75, 3.05) is 6.54 Å². The van der Waals surface area contributed by atoms with Crippen molar-refractivity contribution in [2.24, 2.45) is 0 Å². The van der Waals surface area contributed by atoms with Crippen molar-refractivity contribution in [1.82, 2.24) is 10.3 Å². The molecule has 0 unspecified atom stereocenters. The van der Waals surface area contributed by atoms with Crippen LogP contribution in [0.5, 0.6) is 0 Å². The van der Waals surface area contributed by atoms with E-state index in [-0.39, 0.29) is 5.54 Å². The SMILES string of the molecule is CCC(=Cc1sc(Cl)nc1Cl)CNC(C)(C)C. The summed E-state index contributed by atoms with van der Waals surface area (Å²) in [6.45, 7) is 9.43. The van der Waals surface area contributed by atoms with Crippen molar-refractivity contribution in [3.63, 3.8) is 0 Å². The van der Waals surface area contributed by atoms with E-state index in [4.69, 9.17) is 23.2 Å². The fraction of sp³-hybridized carbons (Fsp3) is 0.583. The predicted molar refractivity (Wildman–Crippen MR) is 78.2 cm³/mol. The maximum atomic E-state index is 5.99. The van der Waals surface area contributed by atoms with Crippen LogP contribution in [0.25, 0.3) is 6.08 Å². The lowest BCUT2D eigenvalue weighted by atomic mass is 10.1. The maximum absolute atomic E-state index is 5.99. The highest BCUT2D eigenvalue weighted by Gasteiger charge is 2.10. The van der Waals surface area contributed by atoms with Crippen LogP contribution in [0.4, 0.5) is 0 Å². The van der Waals surface area contributed by atoms with Crippen LogP contribution in [-0.2, 0) is 0 Å². The van der Waals surface area contributed by atoms with Crippen molar-refractivity contribution in [1.29, 1.82) is 0 Å². The van der Waals surface area contributed by atoms with Gasteiger partial charge in [-0.15, -0.1) is 11.3 Å². The van der Waals surface area contributed by atoms with Crippen molar-refractivity contribution >= 4 is 40.6 Å². The summed E-state index contributed by atoms with van der Waals surface area (Å²) in [5.74, 6) is 0. The van der Waals surface area contributed by atoms with Gasteiger partial charge in [-0.25, -0.2) is 4.98 Å². The molecule has 96 valence electrons. The first-order chi connectivity index (χ1) is 7.81. The molecule has 1 aromatic rings. The highest BCUT2D eigenvalue weighted by atomic mass is 35.5. The summed E-state index contributed by atoms with van der Waals surface area (Å²) < 4.78 is 0.487. The van der Waals surface area contributed by atoms with E-state index >= 15 is 0 Å². The van der Waals surface area contributed by atoms with Gasteiger partial charge in [-0.3, -0.25) is 0 Å². The van der Waals surface area contributed by atoms with E-state index in [0.717, 1.165) is 17.8 Å². The van der Waals surface area contributed by atoms with Crippen LogP contribution in [0.3, 0.4) is 0 Å². The molecule has 1 heterocycles. The highest BCUT2D eigenvalue weighted by molar-refractivity contribution is 7.17. The van der Waals surface area contributed by atoms with Crippen LogP contribution in [0, 0.1) is 0 Å². The Bertz CT molecular complexity index is 405. The number of nitrogens with one attached hydrogen (secondary N) is 1. The minimum Gasteiger partial charge on any atom is -0.308 e. The van der Waals surface area contributed by atoms with Gasteiger partial charge in [-0.2, -0.15) is 0 Å². The van der Waals surface area contributed by atoms with Gasteiger partial charge in [0.05, 0.1) is 4.88 Å². The minimum absolute atomic E-state index is 0.114. The quantitative estimate of drug-likeness (QED) is 0.875. The van der Waals surface area contributed by atoms with E-state index in [1.165, 1.54) is 16.9 Å². The fourth-order valence-electron chi connectivity index (χ4n) is 1.22. The molecule has 1 rings (SSSR count). The van der Waals surface area contributed by atoms with Crippen molar-refractivity contribution in [3.8, 4) is 0 Å². The highest BCUT2D eigenvalue weighted by Crippen LogP contribution is 2.29. The van der Waals surface area contributed by atoms with Gasteiger partial charge in [0.1, 0.15) is 5.15 Å². The second kappa shape index (κ2) is 6.19. The van der Waals surface area contributed by atoms with Crippen LogP contribution in [-0.4, -0.2) is 17.1 Å². The topological polar surface area (TPSA) is 24.9 Å². The molecule has 0 fully saturated rings. The van der Waals surface area contributed by atoms with Gasteiger partial charge in [-0.05, 0) is 33.3 Å². The molecule has 0 radical (unpaired) electrons. The Morgan fingerprint density at radius 2 is 2.06 bits per heavy atom. The third-order valence-electron chi connectivity index (χ3n) is 2.22. The van der Waals surface area contributed by atoms with Gasteiger partial charge in [-0.1, -0.05) is 35.7 Å². The summed E-state index contributed by atoms with van der Waals surface area (Å²) in [6, 6.07) is 0. The minimum atomic E-state index is 0.114. The summed E-state index contributed by atoms with van der Waals surface area (Å²) in [5, 5.41) is 3.95. The summed E-state index contributed by atoms with van der Waals surface area (Å²) >= 11 is 13.2. The number of nitrogens with zero attached hydrogens (tertiary/aromatic N) is 1. The molecule has 0 aromatic carbocycles. The Hall–Kier alpha value is -0.0900. The molecule has 0 saturated carbocycles. The van der Waals surface area contributed by atoms with Gasteiger partial charge >= 0.3 is 0 Å². The fourth-order valence-corrected chi connectivity index (χ4v) is 2.58. The second-order valence-corrected chi connectivity index (χ2v) is 6.85. The Labute approximate surface area is 117 Å². The molecule has 0 aliphatic rings. The molecule has 1 N–H and O–H groups in total. The average molecular weight is 293 g/mol. The number of hydrogen-bond acceptors (Lipinski definition) is 3. The van der Waals surface area contributed by atoms with Crippen molar-refractivity contribution in [3.05, 3.63) is 20.1 Å². The molecular formula is C12H18Cl2N2S. The zero-order valence-corrected chi connectivity index (χ0v) is 12.9. The molecule has 0 atom stereocenters. The Morgan fingerprint density at radius 3 is 2.47 bits per heavy atom. The molecule has 1 aromatic heterocycles. The first kappa shape index (κ1) is 15.0. The van der Waals surface area contributed by atoms with Gasteiger partial charge in [0.15, 0.2) is 4.47 Å². The first-order valence-electron chi connectivity index (χ1n) is 5.58. The van der Waals surface area contributed by atoms with Crippen molar-refractivity contribution < 1.29 is 0 Å². The van der Waals surface area contributed by atoms with Crippen LogP contribution in [0.2, 0.25) is 9.62 Å². The zero-order valence-electron chi connectivity index (χ0n) is 10.6. The molecule has 0 spiro atoms. The molecule has 2 nitrogen and oxygen atoms in total. The van der Waals surface area contributed by atoms with E-state index in [9.17, 15) is 0 Å². The average Bonchev–Trinajstić information content (AvgIpc) is 2.50. The molecule has 0 aliphatic heterocycles. The number of hydrogen-bond donors (Lipinski definition) is 1. The van der Waals surface area contributed by atoms with E-state index in [2.05, 4.69) is 44.1 Å². The molecule has 17 heavy (non-hydrogen) atoms. The summed E-state index contributed by atoms with van der Waals surface area (Å²) in [7, 11) is 0. The zero-order chi connectivity index (χ0) is 13.1. The summed E-state index contributed by atoms with van der Waals surface area (Å²) in [4.78, 5) is 4.93. The van der Waals surface area contributed by atoms with E-state index in [1.807, 2.05) is 0 Å². The van der Waals surface area contributed by atoms with E-state index in [0.29, 0.717) is 9.62 Å². The standard InChI is InChI=1S/C12H18Cl2N2S/c1-5-8(7-15-12(2,3)4)6-9-10(13)16-11(14)17-9/h6,15H,5,7H2,1-4H3. The molecule has 5 heteroatoms. The van der Waals surface area contributed by atoms with Crippen LogP contribution < -0.4 is 5.32 Å². The van der Waals surface area contributed by atoms with Crippen molar-refractivity contribution in [2.45, 2.75) is 39.7 Å². The van der Waals surface area contributed by atoms with E-state index in [1.54, 1.807) is 0 Å². The molecule has 0 amide bonds. The Kier molecular flexibility index (Phi) is 5.45. The first-order valence-corrected chi connectivity index (χ1v) is 7.15. The largest absolute Gasteiger partial charge is 0.308 e. The smallest absolute Gasteiger partial charge is 0.185 e. The lowest BCUT2D eigenvalue weighted by Crippen LogP contribution is -2.36. The number of rotatable bonds is 4. The number of thiazole rings is 1.